The van der Waals surface area contributed by atoms with Crippen LogP contribution in [0.1, 0.15) is 42.5 Å². The molecule has 9 heteroatoms. The zero-order chi connectivity index (χ0) is 18.4. The minimum absolute atomic E-state index is 0.0947. The Bertz CT molecular complexity index is 830. The van der Waals surface area contributed by atoms with Crippen molar-refractivity contribution in [3.63, 3.8) is 0 Å². The first-order valence-corrected chi connectivity index (χ1v) is 10.3. The molecule has 3 rings (SSSR count). The fourth-order valence-electron chi connectivity index (χ4n) is 3.03. The van der Waals surface area contributed by atoms with Gasteiger partial charge in [0.05, 0.1) is 11.1 Å². The molecule has 2 N–H and O–H groups in total. The molecule has 0 atom stereocenters. The van der Waals surface area contributed by atoms with Gasteiger partial charge in [0.15, 0.2) is 0 Å². The SMILES string of the molecule is O=C(NC1CCCC1)c1cccc(S(=O)(=O)NCCCn2ccnn2)c1. The Kier molecular flexibility index (Phi) is 6.00. The van der Waals surface area contributed by atoms with Crippen LogP contribution in [0.3, 0.4) is 0 Å². The Balaban J connectivity index is 1.57. The number of benzene rings is 1. The van der Waals surface area contributed by atoms with Gasteiger partial charge in [-0.3, -0.25) is 9.48 Å². The van der Waals surface area contributed by atoms with E-state index < -0.39 is 10.0 Å². The van der Waals surface area contributed by atoms with E-state index in [0.717, 1.165) is 25.7 Å². The summed E-state index contributed by atoms with van der Waals surface area (Å²) in [5.41, 5.74) is 0.363. The Morgan fingerprint density at radius 1 is 1.27 bits per heavy atom. The number of carbonyl (C=O) groups is 1. The lowest BCUT2D eigenvalue weighted by atomic mass is 10.2. The summed E-state index contributed by atoms with van der Waals surface area (Å²) in [5, 5.41) is 10.5. The van der Waals surface area contributed by atoms with Gasteiger partial charge in [0.1, 0.15) is 0 Å². The molecule has 0 bridgehead atoms. The third-order valence-electron chi connectivity index (χ3n) is 4.42. The highest BCUT2D eigenvalue weighted by Gasteiger charge is 2.20. The zero-order valence-corrected chi connectivity index (χ0v) is 15.3. The lowest BCUT2D eigenvalue weighted by Gasteiger charge is -2.13. The molecule has 0 spiro atoms. The largest absolute Gasteiger partial charge is 0.349 e. The molecule has 0 unspecified atom stereocenters. The number of hydrogen-bond acceptors (Lipinski definition) is 5. The van der Waals surface area contributed by atoms with E-state index in [2.05, 4.69) is 20.4 Å². The maximum Gasteiger partial charge on any atom is 0.251 e. The molecule has 1 fully saturated rings. The van der Waals surface area contributed by atoms with Crippen molar-refractivity contribution in [2.75, 3.05) is 6.54 Å². The summed E-state index contributed by atoms with van der Waals surface area (Å²) in [7, 11) is -3.66. The normalized spacial score (nSPS) is 15.2. The monoisotopic (exact) mass is 377 g/mol. The van der Waals surface area contributed by atoms with Crippen LogP contribution in [-0.4, -0.2) is 41.9 Å². The van der Waals surface area contributed by atoms with Gasteiger partial charge >= 0.3 is 0 Å². The van der Waals surface area contributed by atoms with Crippen LogP contribution in [0.15, 0.2) is 41.6 Å². The standard InChI is InChI=1S/C17H23N5O3S/c23-17(20-15-6-1-2-7-15)14-5-3-8-16(13-14)26(24,25)19-9-4-11-22-12-10-18-21-22/h3,5,8,10,12-13,15,19H,1-2,4,6-7,9,11H2,(H,20,23). The van der Waals surface area contributed by atoms with E-state index in [1.807, 2.05) is 0 Å². The number of aryl methyl sites for hydroxylation is 1. The smallest absolute Gasteiger partial charge is 0.251 e. The van der Waals surface area contributed by atoms with Crippen molar-refractivity contribution in [1.29, 1.82) is 0 Å². The van der Waals surface area contributed by atoms with Crippen molar-refractivity contribution in [3.8, 4) is 0 Å². The molecule has 2 aromatic rings. The van der Waals surface area contributed by atoms with Gasteiger partial charge in [-0.1, -0.05) is 24.1 Å². The number of rotatable bonds is 8. The van der Waals surface area contributed by atoms with Crippen LogP contribution in [0.2, 0.25) is 0 Å². The maximum absolute atomic E-state index is 12.4. The summed E-state index contributed by atoms with van der Waals surface area (Å²) in [6.07, 6.45) is 8.10. The predicted molar refractivity (Wildman–Crippen MR) is 96.0 cm³/mol. The lowest BCUT2D eigenvalue weighted by molar-refractivity contribution is 0.0937. The van der Waals surface area contributed by atoms with E-state index in [4.69, 9.17) is 0 Å². The number of amides is 1. The first-order chi connectivity index (χ1) is 12.5. The molecule has 0 aliphatic heterocycles. The third kappa shape index (κ3) is 4.89. The molecule has 26 heavy (non-hydrogen) atoms. The molecule has 1 amide bonds. The van der Waals surface area contributed by atoms with E-state index in [1.54, 1.807) is 29.2 Å². The minimum atomic E-state index is -3.66. The third-order valence-corrected chi connectivity index (χ3v) is 5.88. The number of nitrogens with one attached hydrogen (secondary N) is 2. The molecule has 1 aromatic carbocycles. The minimum Gasteiger partial charge on any atom is -0.349 e. The van der Waals surface area contributed by atoms with Crippen LogP contribution in [0.5, 0.6) is 0 Å². The fourth-order valence-corrected chi connectivity index (χ4v) is 4.15. The van der Waals surface area contributed by atoms with Crippen LogP contribution < -0.4 is 10.0 Å². The van der Waals surface area contributed by atoms with Gasteiger partial charge in [-0.2, -0.15) is 0 Å². The number of nitrogens with zero attached hydrogens (tertiary/aromatic N) is 3. The summed E-state index contributed by atoms with van der Waals surface area (Å²) in [6.45, 7) is 0.854. The average molecular weight is 377 g/mol. The van der Waals surface area contributed by atoms with E-state index in [0.29, 0.717) is 18.5 Å². The molecule has 140 valence electrons. The quantitative estimate of drug-likeness (QED) is 0.675. The summed E-state index contributed by atoms with van der Waals surface area (Å²) in [5.74, 6) is -0.222. The summed E-state index contributed by atoms with van der Waals surface area (Å²) in [4.78, 5) is 12.4. The van der Waals surface area contributed by atoms with Gasteiger partial charge in [0.2, 0.25) is 10.0 Å². The molecule has 1 saturated carbocycles. The summed E-state index contributed by atoms with van der Waals surface area (Å²) >= 11 is 0. The van der Waals surface area contributed by atoms with E-state index in [-0.39, 0.29) is 23.4 Å². The van der Waals surface area contributed by atoms with E-state index in [9.17, 15) is 13.2 Å². The van der Waals surface area contributed by atoms with Crippen molar-refractivity contribution in [2.24, 2.45) is 0 Å². The zero-order valence-electron chi connectivity index (χ0n) is 14.5. The van der Waals surface area contributed by atoms with Gasteiger partial charge in [-0.15, -0.1) is 5.10 Å². The number of hydrogen-bond donors (Lipinski definition) is 2. The fraction of sp³-hybridized carbons (Fsp3) is 0.471. The second kappa shape index (κ2) is 8.41. The average Bonchev–Trinajstić information content (AvgIpc) is 3.33. The molecular formula is C17H23N5O3S. The van der Waals surface area contributed by atoms with Crippen LogP contribution in [-0.2, 0) is 16.6 Å². The van der Waals surface area contributed by atoms with Gasteiger partial charge < -0.3 is 5.32 Å². The number of aromatic nitrogens is 3. The Hall–Kier alpha value is -2.26. The molecule has 0 radical (unpaired) electrons. The van der Waals surface area contributed by atoms with Crippen molar-refractivity contribution >= 4 is 15.9 Å². The van der Waals surface area contributed by atoms with Crippen LogP contribution >= 0.6 is 0 Å². The Morgan fingerprint density at radius 3 is 2.81 bits per heavy atom. The Labute approximate surface area is 153 Å². The predicted octanol–water partition coefficient (Wildman–Crippen LogP) is 1.32. The molecule has 1 aromatic heterocycles. The van der Waals surface area contributed by atoms with Gasteiger partial charge in [-0.25, -0.2) is 13.1 Å². The molecule has 1 aliphatic carbocycles. The van der Waals surface area contributed by atoms with Crippen molar-refractivity contribution in [2.45, 2.75) is 49.6 Å². The molecule has 1 aliphatic rings. The molecular weight excluding hydrogens is 354 g/mol. The summed E-state index contributed by atoms with van der Waals surface area (Å²) < 4.78 is 29.1. The number of carbonyl (C=O) groups excluding carboxylic acids is 1. The molecule has 1 heterocycles. The van der Waals surface area contributed by atoms with Crippen molar-refractivity contribution in [1.82, 2.24) is 25.0 Å². The van der Waals surface area contributed by atoms with Gasteiger partial charge in [0, 0.05) is 30.9 Å². The van der Waals surface area contributed by atoms with Crippen molar-refractivity contribution in [3.05, 3.63) is 42.2 Å². The highest BCUT2D eigenvalue weighted by molar-refractivity contribution is 7.89. The maximum atomic E-state index is 12.4. The Morgan fingerprint density at radius 2 is 2.08 bits per heavy atom. The molecule has 8 nitrogen and oxygen atoms in total. The number of sulfonamides is 1. The topological polar surface area (TPSA) is 106 Å². The van der Waals surface area contributed by atoms with Crippen LogP contribution in [0.25, 0.3) is 0 Å². The van der Waals surface area contributed by atoms with Gasteiger partial charge in [0.25, 0.3) is 5.91 Å². The van der Waals surface area contributed by atoms with Gasteiger partial charge in [-0.05, 0) is 37.5 Å². The summed E-state index contributed by atoms with van der Waals surface area (Å²) in [6, 6.07) is 6.33. The van der Waals surface area contributed by atoms with Crippen LogP contribution in [0, 0.1) is 0 Å². The second-order valence-electron chi connectivity index (χ2n) is 6.40. The first-order valence-electron chi connectivity index (χ1n) is 8.79. The lowest BCUT2D eigenvalue weighted by Crippen LogP contribution is -2.32. The van der Waals surface area contributed by atoms with Crippen molar-refractivity contribution < 1.29 is 13.2 Å². The van der Waals surface area contributed by atoms with Crippen LogP contribution in [0.4, 0.5) is 0 Å². The second-order valence-corrected chi connectivity index (χ2v) is 8.17. The first kappa shape index (κ1) is 18.5. The molecule has 0 saturated heterocycles. The highest BCUT2D eigenvalue weighted by atomic mass is 32.2. The van der Waals surface area contributed by atoms with E-state index in [1.165, 1.54) is 12.1 Å². The van der Waals surface area contributed by atoms with E-state index >= 15 is 0 Å². The highest BCUT2D eigenvalue weighted by Crippen LogP contribution is 2.18.